The Bertz CT molecular complexity index is 950. The summed E-state index contributed by atoms with van der Waals surface area (Å²) in [5.74, 6) is -0.467. The maximum absolute atomic E-state index is 12.2. The first kappa shape index (κ1) is 28.3. The summed E-state index contributed by atoms with van der Waals surface area (Å²) in [7, 11) is -11.1. The third-order valence-corrected chi connectivity index (χ3v) is 7.88. The van der Waals surface area contributed by atoms with Crippen molar-refractivity contribution < 1.29 is 67.0 Å². The van der Waals surface area contributed by atoms with Crippen LogP contribution in [0.25, 0.3) is 0 Å². The third kappa shape index (κ3) is 6.54. The number of phosphoric ester groups is 2. The van der Waals surface area contributed by atoms with E-state index < -0.39 is 83.3 Å². The van der Waals surface area contributed by atoms with E-state index in [0.717, 1.165) is 6.08 Å². The van der Waals surface area contributed by atoms with E-state index in [4.69, 9.17) is 15.2 Å². The van der Waals surface area contributed by atoms with Crippen LogP contribution in [0.4, 0.5) is 0 Å². The zero-order valence-electron chi connectivity index (χ0n) is 18.1. The molecular weight excluding hydrogens is 520 g/mol. The molecule has 19 heteroatoms. The van der Waals surface area contributed by atoms with Crippen LogP contribution in [-0.4, -0.2) is 97.9 Å². The third-order valence-electron chi connectivity index (χ3n) is 5.31. The molecule has 17 nitrogen and oxygen atoms in total. The molecule has 2 fully saturated rings. The van der Waals surface area contributed by atoms with Crippen LogP contribution in [0.1, 0.15) is 6.92 Å². The average molecular weight is 546 g/mol. The highest BCUT2D eigenvalue weighted by molar-refractivity contribution is 7.60. The van der Waals surface area contributed by atoms with E-state index in [2.05, 4.69) is 25.3 Å². The lowest BCUT2D eigenvalue weighted by atomic mass is 9.98. The van der Waals surface area contributed by atoms with Crippen LogP contribution < -0.4 is 15.9 Å². The second kappa shape index (κ2) is 10.6. The number of aliphatic hydroxyl groups is 4. The molecule has 3 aliphatic rings. The molecular formula is C16H26N3O14P2-. The largest absolute Gasteiger partial charge is 0.756 e. The Morgan fingerprint density at radius 2 is 1.86 bits per heavy atom. The lowest BCUT2D eigenvalue weighted by molar-refractivity contribution is -0.278. The van der Waals surface area contributed by atoms with Crippen molar-refractivity contribution in [2.45, 2.75) is 62.1 Å². The molecule has 200 valence electrons. The molecule has 35 heavy (non-hydrogen) atoms. The van der Waals surface area contributed by atoms with Gasteiger partial charge in [0.05, 0.1) is 24.9 Å². The number of rotatable bonds is 8. The lowest BCUT2D eigenvalue weighted by Crippen LogP contribution is -2.61. The first-order chi connectivity index (χ1) is 16.1. The van der Waals surface area contributed by atoms with Gasteiger partial charge in [-0.15, -0.1) is 0 Å². The normalized spacial score (nSPS) is 41.4. The van der Waals surface area contributed by atoms with Crippen LogP contribution in [0.2, 0.25) is 0 Å². The molecule has 0 aromatic carbocycles. The SMILES string of the molecule is C=C1NC(=O)C=CN1[C@@H]1O[C@H](COP(=O)(O)OP(=O)([O-])O[C@@H]2OC(C)[C@H](O)[C@H](N)C2O)C(O)[C@@H]1O. The second-order valence-electron chi connectivity index (χ2n) is 7.87. The Kier molecular flexibility index (Phi) is 8.58. The van der Waals surface area contributed by atoms with Gasteiger partial charge in [-0.25, -0.2) is 8.88 Å². The summed E-state index contributed by atoms with van der Waals surface area (Å²) in [5.41, 5.74) is 5.56. The van der Waals surface area contributed by atoms with Gasteiger partial charge in [0, 0.05) is 12.3 Å². The van der Waals surface area contributed by atoms with Gasteiger partial charge in [0.2, 0.25) is 0 Å². The van der Waals surface area contributed by atoms with Crippen LogP contribution in [0, 0.1) is 0 Å². The molecule has 2 saturated heterocycles. The topological polar surface area (TPSA) is 263 Å². The summed E-state index contributed by atoms with van der Waals surface area (Å²) >= 11 is 0. The van der Waals surface area contributed by atoms with Gasteiger partial charge in [-0.2, -0.15) is 0 Å². The summed E-state index contributed by atoms with van der Waals surface area (Å²) in [4.78, 5) is 34.4. The molecule has 5 unspecified atom stereocenters. The van der Waals surface area contributed by atoms with E-state index >= 15 is 0 Å². The Morgan fingerprint density at radius 1 is 1.20 bits per heavy atom. The predicted molar refractivity (Wildman–Crippen MR) is 109 cm³/mol. The van der Waals surface area contributed by atoms with E-state index in [0.29, 0.717) is 0 Å². The van der Waals surface area contributed by atoms with Crippen LogP contribution in [0.15, 0.2) is 24.7 Å². The molecule has 3 rings (SSSR count). The molecule has 0 aromatic heterocycles. The van der Waals surface area contributed by atoms with Crippen molar-refractivity contribution in [1.29, 1.82) is 0 Å². The molecule has 0 radical (unpaired) electrons. The Labute approximate surface area is 198 Å². The molecule has 8 N–H and O–H groups in total. The van der Waals surface area contributed by atoms with Gasteiger partial charge in [0.25, 0.3) is 13.7 Å². The van der Waals surface area contributed by atoms with Gasteiger partial charge in [-0.1, -0.05) is 6.58 Å². The van der Waals surface area contributed by atoms with Crippen molar-refractivity contribution >= 4 is 21.6 Å². The van der Waals surface area contributed by atoms with Gasteiger partial charge in [0.1, 0.15) is 30.2 Å². The molecule has 1 amide bonds. The number of nitrogens with zero attached hydrogens (tertiary/aromatic N) is 1. The minimum absolute atomic E-state index is 0.0181. The molecule has 11 atom stereocenters. The zero-order chi connectivity index (χ0) is 26.3. The molecule has 3 heterocycles. The second-order valence-corrected chi connectivity index (χ2v) is 10.8. The van der Waals surface area contributed by atoms with Crippen LogP contribution in [-0.2, 0) is 36.8 Å². The van der Waals surface area contributed by atoms with Crippen LogP contribution in [0.3, 0.4) is 0 Å². The van der Waals surface area contributed by atoms with E-state index in [9.17, 15) is 44.1 Å². The Hall–Kier alpha value is -1.27. The van der Waals surface area contributed by atoms with Gasteiger partial charge in [0.15, 0.2) is 12.5 Å². The Morgan fingerprint density at radius 3 is 2.49 bits per heavy atom. The van der Waals surface area contributed by atoms with E-state index in [1.807, 2.05) is 0 Å². The number of hydrogen-bond donors (Lipinski definition) is 7. The molecule has 0 bridgehead atoms. The van der Waals surface area contributed by atoms with Gasteiger partial charge < -0.3 is 55.6 Å². The highest BCUT2D eigenvalue weighted by Gasteiger charge is 2.48. The zero-order valence-corrected chi connectivity index (χ0v) is 19.9. The summed E-state index contributed by atoms with van der Waals surface area (Å²) in [6.07, 6.45) is -9.79. The number of nitrogens with one attached hydrogen (secondary N) is 1. The maximum atomic E-state index is 12.2. The first-order valence-electron chi connectivity index (χ1n) is 10.0. The van der Waals surface area contributed by atoms with Crippen molar-refractivity contribution in [1.82, 2.24) is 10.2 Å². The monoisotopic (exact) mass is 546 g/mol. The first-order valence-corrected chi connectivity index (χ1v) is 13.0. The Balaban J connectivity index is 1.57. The highest BCUT2D eigenvalue weighted by Crippen LogP contribution is 2.59. The fraction of sp³-hybridized carbons (Fsp3) is 0.688. The fourth-order valence-corrected chi connectivity index (χ4v) is 5.56. The summed E-state index contributed by atoms with van der Waals surface area (Å²) < 4.78 is 47.7. The van der Waals surface area contributed by atoms with Crippen molar-refractivity contribution in [2.24, 2.45) is 5.73 Å². The number of carbonyl (C=O) groups excluding carboxylic acids is 1. The van der Waals surface area contributed by atoms with E-state index in [1.165, 1.54) is 18.0 Å². The number of hydrogen-bond acceptors (Lipinski definition) is 15. The van der Waals surface area contributed by atoms with E-state index in [1.54, 1.807) is 0 Å². The fourth-order valence-electron chi connectivity index (χ4n) is 3.44. The van der Waals surface area contributed by atoms with Crippen molar-refractivity contribution in [3.05, 3.63) is 24.7 Å². The van der Waals surface area contributed by atoms with Gasteiger partial charge in [-0.05, 0) is 6.92 Å². The van der Waals surface area contributed by atoms with E-state index in [-0.39, 0.29) is 5.82 Å². The lowest BCUT2D eigenvalue weighted by Gasteiger charge is -2.41. The van der Waals surface area contributed by atoms with Crippen LogP contribution in [0.5, 0.6) is 0 Å². The van der Waals surface area contributed by atoms with Gasteiger partial charge in [-0.3, -0.25) is 18.4 Å². The number of ether oxygens (including phenoxy) is 2. The smallest absolute Gasteiger partial charge is 0.478 e. The average Bonchev–Trinajstić information content (AvgIpc) is 3.02. The quantitative estimate of drug-likeness (QED) is 0.144. The molecule has 0 spiro atoms. The molecule has 0 aromatic rings. The standard InChI is InChI=1S/C16H27N3O14P2/c1-6-11(21)10(17)13(23)16(30-6)32-35(27,28)33-34(25,26)29-5-8-12(22)14(24)15(31-8)19-4-3-9(20)18-7(19)2/h3-4,6,8,10-16,21-24H,2,5,17H2,1H3,(H,18,20)(H,25,26)(H,27,28)/p-1/t6?,8-,10+,11+,12?,13?,14+,15-,16+/m1/s1. The minimum Gasteiger partial charge on any atom is -0.756 e. The number of phosphoric acid groups is 2. The summed E-state index contributed by atoms with van der Waals surface area (Å²) in [6, 6.07) is -1.35. The highest BCUT2D eigenvalue weighted by atomic mass is 31.3. The maximum Gasteiger partial charge on any atom is 0.478 e. The predicted octanol–water partition coefficient (Wildman–Crippen LogP) is -3.74. The molecule has 0 aliphatic carbocycles. The summed E-state index contributed by atoms with van der Waals surface area (Å²) in [6.45, 7) is 3.97. The van der Waals surface area contributed by atoms with Crippen molar-refractivity contribution in [3.8, 4) is 0 Å². The number of aliphatic hydroxyl groups excluding tert-OH is 4. The van der Waals surface area contributed by atoms with Crippen molar-refractivity contribution in [2.75, 3.05) is 6.61 Å². The molecule has 0 saturated carbocycles. The number of nitrogens with two attached hydrogens (primary N) is 1. The number of amides is 1. The van der Waals surface area contributed by atoms with Crippen LogP contribution >= 0.6 is 15.6 Å². The summed E-state index contributed by atoms with van der Waals surface area (Å²) in [5, 5.41) is 42.5. The minimum atomic E-state index is -5.66. The number of carbonyl (C=O) groups is 1. The van der Waals surface area contributed by atoms with Gasteiger partial charge >= 0.3 is 7.82 Å². The van der Waals surface area contributed by atoms with Crippen molar-refractivity contribution in [3.63, 3.8) is 0 Å². The molecule has 3 aliphatic heterocycles.